The fraction of sp³-hybridized carbons (Fsp3) is 0. The maximum atomic E-state index is 12.8. The summed E-state index contributed by atoms with van der Waals surface area (Å²) in [4.78, 5) is 37.0. The third-order valence-corrected chi connectivity index (χ3v) is 3.09. The molecule has 0 atom stereocenters. The number of halogens is 1. The summed E-state index contributed by atoms with van der Waals surface area (Å²) in [7, 11) is 0. The molecule has 3 amide bonds. The number of imide groups is 3. The number of rotatable bonds is 1. The molecule has 0 fully saturated rings. The zero-order valence-corrected chi connectivity index (χ0v) is 10.2. The van der Waals surface area contributed by atoms with Crippen molar-refractivity contribution in [2.45, 2.75) is 0 Å². The summed E-state index contributed by atoms with van der Waals surface area (Å²) in [5.74, 6) is -2.56. The lowest BCUT2D eigenvalue weighted by Gasteiger charge is -2.11. The van der Waals surface area contributed by atoms with Crippen LogP contribution < -0.4 is 0 Å². The van der Waals surface area contributed by atoms with Gasteiger partial charge in [-0.25, -0.2) is 9.29 Å². The molecule has 1 heterocycles. The lowest BCUT2D eigenvalue weighted by atomic mass is 10.1. The summed E-state index contributed by atoms with van der Waals surface area (Å²) in [6.45, 7) is 0. The van der Waals surface area contributed by atoms with Crippen LogP contribution >= 0.6 is 0 Å². The van der Waals surface area contributed by atoms with Crippen LogP contribution in [-0.2, 0) is 0 Å². The second kappa shape index (κ2) is 4.38. The number of hydrogen-bond donors (Lipinski definition) is 0. The number of carbonyl (C=O) groups is 3. The highest BCUT2D eigenvalue weighted by Gasteiger charge is 2.39. The van der Waals surface area contributed by atoms with Crippen LogP contribution in [0.1, 0.15) is 31.1 Å². The molecule has 1 aliphatic heterocycles. The third kappa shape index (κ3) is 1.72. The number of hydrogen-bond acceptors (Lipinski definition) is 3. The largest absolute Gasteiger partial charge is 0.268 e. The van der Waals surface area contributed by atoms with E-state index in [-0.39, 0.29) is 16.7 Å². The van der Waals surface area contributed by atoms with Crippen molar-refractivity contribution in [1.29, 1.82) is 0 Å². The predicted octanol–water partition coefficient (Wildman–Crippen LogP) is 2.26. The van der Waals surface area contributed by atoms with Gasteiger partial charge >= 0.3 is 0 Å². The smallest absolute Gasteiger partial charge is 0.268 e. The molecule has 20 heavy (non-hydrogen) atoms. The summed E-state index contributed by atoms with van der Waals surface area (Å²) in [6.07, 6.45) is 0. The molecule has 0 unspecified atom stereocenters. The number of amides is 3. The summed E-state index contributed by atoms with van der Waals surface area (Å²) >= 11 is 0. The zero-order valence-electron chi connectivity index (χ0n) is 10.2. The summed E-state index contributed by atoms with van der Waals surface area (Å²) in [5.41, 5.74) is 0.488. The standard InChI is InChI=1S/C15H8FNO3/c16-10-7-5-9(6-8-10)13(18)17-14(19)11-3-1-2-4-12(11)15(17)20/h1-8H. The van der Waals surface area contributed by atoms with E-state index in [2.05, 4.69) is 0 Å². The first-order chi connectivity index (χ1) is 9.59. The molecule has 2 aromatic carbocycles. The fourth-order valence-electron chi connectivity index (χ4n) is 2.10. The number of carbonyl (C=O) groups excluding carboxylic acids is 3. The molecule has 0 saturated heterocycles. The van der Waals surface area contributed by atoms with E-state index in [1.165, 1.54) is 24.3 Å². The first-order valence-electron chi connectivity index (χ1n) is 5.87. The van der Waals surface area contributed by atoms with Gasteiger partial charge in [0.05, 0.1) is 11.1 Å². The van der Waals surface area contributed by atoms with Crippen LogP contribution in [0.3, 0.4) is 0 Å². The highest BCUT2D eigenvalue weighted by Crippen LogP contribution is 2.24. The quantitative estimate of drug-likeness (QED) is 0.746. The Morgan fingerprint density at radius 3 is 1.85 bits per heavy atom. The first kappa shape index (κ1) is 12.2. The van der Waals surface area contributed by atoms with Crippen molar-refractivity contribution in [2.24, 2.45) is 0 Å². The molecule has 3 rings (SSSR count). The summed E-state index contributed by atoms with van der Waals surface area (Å²) < 4.78 is 12.8. The zero-order chi connectivity index (χ0) is 14.3. The second-order valence-corrected chi connectivity index (χ2v) is 4.30. The van der Waals surface area contributed by atoms with Crippen molar-refractivity contribution < 1.29 is 18.8 Å². The van der Waals surface area contributed by atoms with Gasteiger partial charge < -0.3 is 0 Å². The van der Waals surface area contributed by atoms with E-state index in [0.29, 0.717) is 4.90 Å². The lowest BCUT2D eigenvalue weighted by Crippen LogP contribution is -2.36. The van der Waals surface area contributed by atoms with Crippen LogP contribution in [0.15, 0.2) is 48.5 Å². The van der Waals surface area contributed by atoms with E-state index in [4.69, 9.17) is 0 Å². The molecule has 0 bridgehead atoms. The fourth-order valence-corrected chi connectivity index (χ4v) is 2.10. The Labute approximate surface area is 113 Å². The molecule has 98 valence electrons. The number of benzene rings is 2. The molecule has 0 aliphatic carbocycles. The van der Waals surface area contributed by atoms with Gasteiger partial charge in [0.2, 0.25) is 0 Å². The van der Waals surface area contributed by atoms with E-state index in [1.807, 2.05) is 0 Å². The van der Waals surface area contributed by atoms with Crippen molar-refractivity contribution in [2.75, 3.05) is 0 Å². The molecule has 0 N–H and O–H groups in total. The molecule has 0 aromatic heterocycles. The third-order valence-electron chi connectivity index (χ3n) is 3.09. The highest BCUT2D eigenvalue weighted by molar-refractivity contribution is 6.31. The minimum atomic E-state index is -0.754. The first-order valence-corrected chi connectivity index (χ1v) is 5.87. The van der Waals surface area contributed by atoms with Crippen LogP contribution in [0.2, 0.25) is 0 Å². The Kier molecular flexibility index (Phi) is 2.68. The van der Waals surface area contributed by atoms with Crippen molar-refractivity contribution in [3.05, 3.63) is 71.0 Å². The highest BCUT2D eigenvalue weighted by atomic mass is 19.1. The molecule has 5 heteroatoms. The topological polar surface area (TPSA) is 54.5 Å². The minimum absolute atomic E-state index is 0.0842. The van der Waals surface area contributed by atoms with Gasteiger partial charge in [0.1, 0.15) is 5.82 Å². The minimum Gasteiger partial charge on any atom is -0.268 e. The van der Waals surface area contributed by atoms with Gasteiger partial charge in [-0.2, -0.15) is 0 Å². The van der Waals surface area contributed by atoms with Crippen LogP contribution in [0.5, 0.6) is 0 Å². The molecule has 0 saturated carbocycles. The second-order valence-electron chi connectivity index (χ2n) is 4.30. The van der Waals surface area contributed by atoms with Gasteiger partial charge in [0.25, 0.3) is 17.7 Å². The van der Waals surface area contributed by atoms with Gasteiger partial charge in [-0.05, 0) is 36.4 Å². The average molecular weight is 269 g/mol. The van der Waals surface area contributed by atoms with E-state index in [9.17, 15) is 18.8 Å². The Morgan fingerprint density at radius 1 is 0.850 bits per heavy atom. The molecule has 1 aliphatic rings. The van der Waals surface area contributed by atoms with E-state index >= 15 is 0 Å². The van der Waals surface area contributed by atoms with Gasteiger partial charge in [-0.15, -0.1) is 0 Å². The van der Waals surface area contributed by atoms with Crippen LogP contribution in [0, 0.1) is 5.82 Å². The van der Waals surface area contributed by atoms with E-state index in [0.717, 1.165) is 12.1 Å². The SMILES string of the molecule is O=C(c1ccc(F)cc1)N1C(=O)c2ccccc2C1=O. The predicted molar refractivity (Wildman–Crippen MR) is 67.7 cm³/mol. The van der Waals surface area contributed by atoms with E-state index < -0.39 is 23.5 Å². The monoisotopic (exact) mass is 269 g/mol. The molecule has 0 radical (unpaired) electrons. The summed E-state index contributed by atoms with van der Waals surface area (Å²) in [6, 6.07) is 10.9. The normalized spacial score (nSPS) is 13.6. The van der Waals surface area contributed by atoms with E-state index in [1.54, 1.807) is 12.1 Å². The number of nitrogens with zero attached hydrogens (tertiary/aromatic N) is 1. The Balaban J connectivity index is 2.00. The molecule has 0 spiro atoms. The van der Waals surface area contributed by atoms with Gasteiger partial charge in [0.15, 0.2) is 0 Å². The molecular weight excluding hydrogens is 261 g/mol. The van der Waals surface area contributed by atoms with Crippen molar-refractivity contribution >= 4 is 17.7 Å². The van der Waals surface area contributed by atoms with Crippen molar-refractivity contribution in [3.8, 4) is 0 Å². The Hall–Kier alpha value is -2.82. The maximum absolute atomic E-state index is 12.8. The van der Waals surface area contributed by atoms with Crippen molar-refractivity contribution in [1.82, 2.24) is 4.90 Å². The maximum Gasteiger partial charge on any atom is 0.268 e. The Bertz CT molecular complexity index is 702. The number of fused-ring (bicyclic) bond motifs is 1. The van der Waals surface area contributed by atoms with Gasteiger partial charge in [0, 0.05) is 5.56 Å². The summed E-state index contributed by atoms with van der Waals surface area (Å²) in [5, 5.41) is 0. The van der Waals surface area contributed by atoms with Gasteiger partial charge in [-0.1, -0.05) is 12.1 Å². The van der Waals surface area contributed by atoms with Gasteiger partial charge in [-0.3, -0.25) is 14.4 Å². The van der Waals surface area contributed by atoms with Crippen molar-refractivity contribution in [3.63, 3.8) is 0 Å². The molecule has 2 aromatic rings. The van der Waals surface area contributed by atoms with Crippen LogP contribution in [0.25, 0.3) is 0 Å². The Morgan fingerprint density at radius 2 is 1.35 bits per heavy atom. The molecular formula is C15H8FNO3. The van der Waals surface area contributed by atoms with Crippen LogP contribution in [-0.4, -0.2) is 22.6 Å². The average Bonchev–Trinajstić information content (AvgIpc) is 2.72. The molecule has 4 nitrogen and oxygen atoms in total. The van der Waals surface area contributed by atoms with Crippen LogP contribution in [0.4, 0.5) is 4.39 Å². The lowest BCUT2D eigenvalue weighted by molar-refractivity contribution is 0.0566.